The van der Waals surface area contributed by atoms with Crippen LogP contribution >= 0.6 is 11.6 Å². The van der Waals surface area contributed by atoms with E-state index in [2.05, 4.69) is 21.6 Å². The van der Waals surface area contributed by atoms with Gasteiger partial charge in [0.2, 0.25) is 0 Å². The number of anilines is 1. The van der Waals surface area contributed by atoms with Crippen molar-refractivity contribution in [3.8, 4) is 23.1 Å². The largest absolute Gasteiger partial charge is 0.495 e. The van der Waals surface area contributed by atoms with Gasteiger partial charge >= 0.3 is 5.97 Å². The molecule has 0 unspecified atom stereocenters. The molecule has 32 heavy (non-hydrogen) atoms. The van der Waals surface area contributed by atoms with E-state index < -0.39 is 5.97 Å². The number of carbonyl (C=O) groups is 1. The van der Waals surface area contributed by atoms with Gasteiger partial charge in [-0.1, -0.05) is 35.9 Å². The Balaban J connectivity index is 1.72. The first-order valence-corrected chi connectivity index (χ1v) is 9.98. The number of carboxylic acids is 1. The molecule has 0 fully saturated rings. The molecule has 4 aromatic rings. The van der Waals surface area contributed by atoms with E-state index in [-0.39, 0.29) is 5.56 Å². The topological polar surface area (TPSA) is 108 Å². The Morgan fingerprint density at radius 1 is 1.09 bits per heavy atom. The lowest BCUT2D eigenvalue weighted by Crippen LogP contribution is -2.05. The van der Waals surface area contributed by atoms with Crippen LogP contribution < -0.4 is 10.1 Å². The van der Waals surface area contributed by atoms with Gasteiger partial charge in [-0.05, 0) is 42.0 Å². The first kappa shape index (κ1) is 21.1. The van der Waals surface area contributed by atoms with E-state index in [4.69, 9.17) is 21.4 Å². The lowest BCUT2D eigenvalue weighted by molar-refractivity contribution is 0.0697. The van der Waals surface area contributed by atoms with Crippen molar-refractivity contribution in [2.24, 2.45) is 0 Å². The van der Waals surface area contributed by atoms with E-state index in [0.29, 0.717) is 34.4 Å². The third-order valence-corrected chi connectivity index (χ3v) is 5.29. The first-order valence-electron chi connectivity index (χ1n) is 9.60. The Labute approximate surface area is 188 Å². The molecule has 0 saturated heterocycles. The standard InChI is InChI=1S/C24H17ClN4O3/c1-32-21-9-3-15(11-20(21)25)13-27-23-19-10-14(12-26)2-8-18(19)22(28-29-23)16-4-6-17(7-5-16)24(30)31/h2-11H,13H2,1H3,(H,27,29)(H,30,31). The van der Waals surface area contributed by atoms with Gasteiger partial charge in [-0.2, -0.15) is 5.26 Å². The summed E-state index contributed by atoms with van der Waals surface area (Å²) in [5, 5.41) is 32.5. The maximum Gasteiger partial charge on any atom is 0.335 e. The van der Waals surface area contributed by atoms with Gasteiger partial charge in [-0.15, -0.1) is 10.2 Å². The number of benzene rings is 3. The van der Waals surface area contributed by atoms with Crippen LogP contribution in [-0.4, -0.2) is 28.4 Å². The molecule has 0 aliphatic heterocycles. The molecule has 0 spiro atoms. The molecule has 0 saturated carbocycles. The molecule has 4 rings (SSSR count). The van der Waals surface area contributed by atoms with E-state index in [9.17, 15) is 10.1 Å². The molecule has 1 aromatic heterocycles. The lowest BCUT2D eigenvalue weighted by Gasteiger charge is -2.12. The van der Waals surface area contributed by atoms with Gasteiger partial charge in [0.25, 0.3) is 0 Å². The predicted octanol–water partition coefficient (Wildman–Crippen LogP) is 5.14. The first-order chi connectivity index (χ1) is 15.5. The van der Waals surface area contributed by atoms with E-state index >= 15 is 0 Å². The van der Waals surface area contributed by atoms with Gasteiger partial charge < -0.3 is 15.2 Å². The van der Waals surface area contributed by atoms with Crippen molar-refractivity contribution in [1.29, 1.82) is 5.26 Å². The van der Waals surface area contributed by atoms with Crippen LogP contribution in [-0.2, 0) is 6.54 Å². The second kappa shape index (κ2) is 8.92. The number of nitrogens with one attached hydrogen (secondary N) is 1. The van der Waals surface area contributed by atoms with E-state index in [1.54, 1.807) is 37.4 Å². The van der Waals surface area contributed by atoms with Crippen LogP contribution in [0.2, 0.25) is 5.02 Å². The van der Waals surface area contributed by atoms with Gasteiger partial charge in [0.05, 0.1) is 29.3 Å². The van der Waals surface area contributed by atoms with Crippen molar-refractivity contribution < 1.29 is 14.6 Å². The molecule has 0 atom stereocenters. The van der Waals surface area contributed by atoms with Crippen LogP contribution in [0.5, 0.6) is 5.75 Å². The predicted molar refractivity (Wildman–Crippen MR) is 122 cm³/mol. The summed E-state index contributed by atoms with van der Waals surface area (Å²) in [6.07, 6.45) is 0. The third kappa shape index (κ3) is 4.17. The second-order valence-electron chi connectivity index (χ2n) is 6.97. The quantitative estimate of drug-likeness (QED) is 0.423. The van der Waals surface area contributed by atoms with Crippen molar-refractivity contribution in [2.45, 2.75) is 6.54 Å². The van der Waals surface area contributed by atoms with E-state index in [1.165, 1.54) is 12.1 Å². The highest BCUT2D eigenvalue weighted by atomic mass is 35.5. The molecule has 8 heteroatoms. The van der Waals surface area contributed by atoms with Gasteiger partial charge in [0, 0.05) is 22.9 Å². The minimum atomic E-state index is -0.996. The molecule has 0 bridgehead atoms. The highest BCUT2D eigenvalue weighted by Crippen LogP contribution is 2.31. The molecule has 7 nitrogen and oxygen atoms in total. The Hall–Kier alpha value is -4.15. The van der Waals surface area contributed by atoms with E-state index in [1.807, 2.05) is 18.2 Å². The summed E-state index contributed by atoms with van der Waals surface area (Å²) in [6, 6.07) is 19.4. The zero-order chi connectivity index (χ0) is 22.7. The van der Waals surface area contributed by atoms with Crippen LogP contribution in [0.15, 0.2) is 60.7 Å². The van der Waals surface area contributed by atoms with Gasteiger partial charge in [-0.3, -0.25) is 0 Å². The monoisotopic (exact) mass is 444 g/mol. The van der Waals surface area contributed by atoms with Crippen molar-refractivity contribution in [3.05, 3.63) is 82.4 Å². The fraction of sp³-hybridized carbons (Fsp3) is 0.0833. The Morgan fingerprint density at radius 2 is 1.88 bits per heavy atom. The number of nitriles is 1. The number of carboxylic acid groups (broad SMARTS) is 1. The number of aromatic nitrogens is 2. The summed E-state index contributed by atoms with van der Waals surface area (Å²) < 4.78 is 5.18. The minimum Gasteiger partial charge on any atom is -0.495 e. The van der Waals surface area contributed by atoms with Crippen LogP contribution in [0.4, 0.5) is 5.82 Å². The maximum absolute atomic E-state index is 11.1. The second-order valence-corrected chi connectivity index (χ2v) is 7.38. The highest BCUT2D eigenvalue weighted by Gasteiger charge is 2.13. The SMILES string of the molecule is COc1ccc(CNc2nnc(-c3ccc(C(=O)O)cc3)c3ccc(C#N)cc23)cc1Cl. The normalized spacial score (nSPS) is 10.5. The fourth-order valence-electron chi connectivity index (χ4n) is 3.34. The Bertz CT molecular complexity index is 1360. The number of halogens is 1. The molecular formula is C24H17ClN4O3. The van der Waals surface area contributed by atoms with E-state index in [0.717, 1.165) is 21.9 Å². The van der Waals surface area contributed by atoms with Crippen molar-refractivity contribution >= 4 is 34.2 Å². The molecule has 2 N–H and O–H groups in total. The van der Waals surface area contributed by atoms with Crippen molar-refractivity contribution in [3.63, 3.8) is 0 Å². The summed E-state index contributed by atoms with van der Waals surface area (Å²) >= 11 is 6.21. The average Bonchev–Trinajstić information content (AvgIpc) is 2.82. The molecule has 0 aliphatic carbocycles. The van der Waals surface area contributed by atoms with Crippen molar-refractivity contribution in [1.82, 2.24) is 10.2 Å². The smallest absolute Gasteiger partial charge is 0.335 e. The Kier molecular flexibility index (Phi) is 5.88. The molecule has 158 valence electrons. The average molecular weight is 445 g/mol. The molecular weight excluding hydrogens is 428 g/mol. The van der Waals surface area contributed by atoms with Gasteiger partial charge in [-0.25, -0.2) is 4.79 Å². The number of methoxy groups -OCH3 is 1. The molecule has 3 aromatic carbocycles. The number of hydrogen-bond donors (Lipinski definition) is 2. The molecule has 0 amide bonds. The van der Waals surface area contributed by atoms with Crippen LogP contribution in [0, 0.1) is 11.3 Å². The summed E-state index contributed by atoms with van der Waals surface area (Å²) in [5.41, 5.74) is 2.93. The molecule has 1 heterocycles. The maximum atomic E-state index is 11.1. The van der Waals surface area contributed by atoms with Crippen LogP contribution in [0.25, 0.3) is 22.0 Å². The van der Waals surface area contributed by atoms with Gasteiger partial charge in [0.15, 0.2) is 5.82 Å². The third-order valence-electron chi connectivity index (χ3n) is 4.99. The van der Waals surface area contributed by atoms with Crippen LogP contribution in [0.3, 0.4) is 0 Å². The number of nitrogens with zero attached hydrogens (tertiary/aromatic N) is 3. The van der Waals surface area contributed by atoms with Crippen molar-refractivity contribution in [2.75, 3.05) is 12.4 Å². The number of aromatic carboxylic acids is 1. The zero-order valence-corrected chi connectivity index (χ0v) is 17.7. The zero-order valence-electron chi connectivity index (χ0n) is 17.0. The number of ether oxygens (including phenoxy) is 1. The number of rotatable bonds is 6. The lowest BCUT2D eigenvalue weighted by atomic mass is 10.0. The number of fused-ring (bicyclic) bond motifs is 1. The summed E-state index contributed by atoms with van der Waals surface area (Å²) in [5.74, 6) is 0.122. The number of hydrogen-bond acceptors (Lipinski definition) is 6. The fourth-order valence-corrected chi connectivity index (χ4v) is 3.62. The summed E-state index contributed by atoms with van der Waals surface area (Å²) in [4.78, 5) is 11.1. The minimum absolute atomic E-state index is 0.189. The molecule has 0 aliphatic rings. The highest BCUT2D eigenvalue weighted by molar-refractivity contribution is 6.32. The summed E-state index contributed by atoms with van der Waals surface area (Å²) in [7, 11) is 1.56. The van der Waals surface area contributed by atoms with Gasteiger partial charge in [0.1, 0.15) is 11.4 Å². The van der Waals surface area contributed by atoms with Crippen LogP contribution in [0.1, 0.15) is 21.5 Å². The Morgan fingerprint density at radius 3 is 2.53 bits per heavy atom. The molecule has 0 radical (unpaired) electrons. The summed E-state index contributed by atoms with van der Waals surface area (Å²) in [6.45, 7) is 0.441.